The summed E-state index contributed by atoms with van der Waals surface area (Å²) in [6.45, 7) is 0. The summed E-state index contributed by atoms with van der Waals surface area (Å²) in [7, 11) is 0. The van der Waals surface area contributed by atoms with E-state index in [9.17, 15) is 0 Å². The molecule has 0 fully saturated rings. The van der Waals surface area contributed by atoms with Crippen molar-refractivity contribution in [1.82, 2.24) is 4.98 Å². The first kappa shape index (κ1) is 28.1. The molecule has 0 saturated heterocycles. The molecule has 0 saturated carbocycles. The lowest BCUT2D eigenvalue weighted by atomic mass is 9.77. The Kier molecular flexibility index (Phi) is 6.79. The molecule has 0 radical (unpaired) electrons. The third-order valence-corrected chi connectivity index (χ3v) is 9.54. The van der Waals surface area contributed by atoms with Crippen LogP contribution >= 0.6 is 0 Å². The highest BCUT2D eigenvalue weighted by molar-refractivity contribution is 6.31. The van der Waals surface area contributed by atoms with Gasteiger partial charge in [0.15, 0.2) is 0 Å². The van der Waals surface area contributed by atoms with E-state index in [1.54, 1.807) is 0 Å². The van der Waals surface area contributed by atoms with Crippen molar-refractivity contribution in [1.29, 1.82) is 0 Å². The molecule has 228 valence electrons. The van der Waals surface area contributed by atoms with Crippen LogP contribution in [0.1, 0.15) is 35.1 Å². The van der Waals surface area contributed by atoms with Gasteiger partial charge in [-0.3, -0.25) is 4.99 Å². The van der Waals surface area contributed by atoms with E-state index in [1.165, 1.54) is 0 Å². The molecule has 5 heterocycles. The lowest BCUT2D eigenvalue weighted by molar-refractivity contribution is 0.580. The van der Waals surface area contributed by atoms with Crippen molar-refractivity contribution in [2.24, 2.45) is 15.0 Å². The number of benzene rings is 4. The summed E-state index contributed by atoms with van der Waals surface area (Å²) in [6.07, 6.45) is 12.4. The second-order valence-electron chi connectivity index (χ2n) is 12.5. The average molecular weight is 617 g/mol. The summed E-state index contributed by atoms with van der Waals surface area (Å²) in [5.41, 5.74) is 11.8. The number of nitrogens with zero attached hydrogens (tertiary/aromatic N) is 3. The van der Waals surface area contributed by atoms with Crippen molar-refractivity contribution in [3.8, 4) is 0 Å². The number of fused-ring (bicyclic) bond motifs is 5. The Labute approximate surface area is 279 Å². The van der Waals surface area contributed by atoms with Crippen molar-refractivity contribution in [3.05, 3.63) is 208 Å². The molecular formula is C44H32N4. The molecule has 1 atom stereocenters. The van der Waals surface area contributed by atoms with Crippen LogP contribution in [0, 0.1) is 0 Å². The molecule has 4 aromatic carbocycles. The minimum Gasteiger partial charge on any atom is -0.354 e. The minimum absolute atomic E-state index is 0.618. The smallest absolute Gasteiger partial charge is 0.114 e. The van der Waals surface area contributed by atoms with E-state index in [0.29, 0.717) is 0 Å². The fraction of sp³-hybridized carbons (Fsp3) is 0.0682. The Hall–Kier alpha value is -6.13. The van der Waals surface area contributed by atoms with E-state index >= 15 is 0 Å². The number of aliphatic imine (C=N–C) groups is 3. The lowest BCUT2D eigenvalue weighted by Crippen LogP contribution is -2.24. The first-order chi connectivity index (χ1) is 23.7. The third-order valence-electron chi connectivity index (χ3n) is 9.54. The van der Waals surface area contributed by atoms with Crippen LogP contribution in [0.25, 0.3) is 16.7 Å². The zero-order valence-corrected chi connectivity index (χ0v) is 26.3. The van der Waals surface area contributed by atoms with E-state index in [-0.39, 0.29) is 0 Å². The van der Waals surface area contributed by atoms with Gasteiger partial charge in [0.1, 0.15) is 5.54 Å². The standard InChI is InChI=1S/C44H32N4/c1-5-13-30(14-6-1)41-36-22-21-34(45-36)29-35-27-28-44(48-35,33-19-11-4-12-20-33)43(32-17-9-3-10-18-32)40-26-25-39(47-40)42(31-15-7-2-8-16-31)38-24-23-37(41)46-38/h1-26,29,46H,27-28H2. The van der Waals surface area contributed by atoms with Crippen LogP contribution in [0.4, 0.5) is 0 Å². The Morgan fingerprint density at radius 2 is 1.06 bits per heavy atom. The molecule has 9 rings (SSSR count). The fourth-order valence-electron chi connectivity index (χ4n) is 7.41. The largest absolute Gasteiger partial charge is 0.354 e. The van der Waals surface area contributed by atoms with Crippen LogP contribution in [0.2, 0.25) is 0 Å². The zero-order valence-electron chi connectivity index (χ0n) is 26.3. The van der Waals surface area contributed by atoms with Gasteiger partial charge in [-0.1, -0.05) is 121 Å². The molecule has 0 spiro atoms. The molecular weight excluding hydrogens is 585 g/mol. The quantitative estimate of drug-likeness (QED) is 0.214. The second-order valence-corrected chi connectivity index (χ2v) is 12.5. The molecule has 48 heavy (non-hydrogen) atoms. The van der Waals surface area contributed by atoms with E-state index in [4.69, 9.17) is 15.0 Å². The van der Waals surface area contributed by atoms with E-state index in [1.807, 2.05) is 0 Å². The van der Waals surface area contributed by atoms with Crippen molar-refractivity contribution >= 4 is 33.9 Å². The molecule has 4 aliphatic rings. The molecule has 4 aliphatic heterocycles. The van der Waals surface area contributed by atoms with Crippen LogP contribution in [0.3, 0.4) is 0 Å². The average Bonchev–Trinajstić information content (AvgIpc) is 3.97. The van der Waals surface area contributed by atoms with Crippen molar-refractivity contribution in [2.75, 3.05) is 0 Å². The third kappa shape index (κ3) is 4.81. The van der Waals surface area contributed by atoms with Gasteiger partial charge in [0.05, 0.1) is 22.8 Å². The van der Waals surface area contributed by atoms with E-state index < -0.39 is 5.54 Å². The van der Waals surface area contributed by atoms with Crippen molar-refractivity contribution in [2.45, 2.75) is 18.4 Å². The van der Waals surface area contributed by atoms with Gasteiger partial charge in [-0.05, 0) is 77.6 Å². The lowest BCUT2D eigenvalue weighted by Gasteiger charge is -2.31. The van der Waals surface area contributed by atoms with Crippen LogP contribution < -0.4 is 10.7 Å². The molecule has 4 nitrogen and oxygen atoms in total. The van der Waals surface area contributed by atoms with Crippen molar-refractivity contribution in [3.63, 3.8) is 0 Å². The molecule has 0 aliphatic carbocycles. The SMILES string of the molecule is C1=CC2=NC1=CC1=NC(c3ccccc3)(CC1)C(c1ccccc1)=C1C=CC(=N1)C(c1ccccc1)=c1ccc([nH]1)=C2c1ccccc1. The van der Waals surface area contributed by atoms with Gasteiger partial charge in [0.25, 0.3) is 0 Å². The number of hydrogen-bond donors (Lipinski definition) is 1. The summed E-state index contributed by atoms with van der Waals surface area (Å²) >= 11 is 0. The summed E-state index contributed by atoms with van der Waals surface area (Å²) in [5.74, 6) is 0. The molecule has 1 unspecified atom stereocenters. The Morgan fingerprint density at radius 3 is 1.69 bits per heavy atom. The van der Waals surface area contributed by atoms with Crippen LogP contribution in [-0.2, 0) is 5.54 Å². The van der Waals surface area contributed by atoms with Gasteiger partial charge in [0, 0.05) is 33.1 Å². The maximum absolute atomic E-state index is 5.63. The highest BCUT2D eigenvalue weighted by atomic mass is 14.9. The zero-order chi connectivity index (χ0) is 31.9. The highest BCUT2D eigenvalue weighted by Gasteiger charge is 2.42. The maximum Gasteiger partial charge on any atom is 0.114 e. The van der Waals surface area contributed by atoms with Crippen LogP contribution in [0.15, 0.2) is 190 Å². The van der Waals surface area contributed by atoms with Gasteiger partial charge in [-0.15, -0.1) is 0 Å². The summed E-state index contributed by atoms with van der Waals surface area (Å²) in [6, 6.07) is 46.8. The first-order valence-electron chi connectivity index (χ1n) is 16.5. The Bertz CT molecular complexity index is 2400. The predicted molar refractivity (Wildman–Crippen MR) is 197 cm³/mol. The highest BCUT2D eigenvalue weighted by Crippen LogP contribution is 2.50. The topological polar surface area (TPSA) is 52.9 Å². The second kappa shape index (κ2) is 11.6. The maximum atomic E-state index is 5.63. The molecule has 8 bridgehead atoms. The van der Waals surface area contributed by atoms with Gasteiger partial charge >= 0.3 is 0 Å². The number of aromatic nitrogens is 1. The van der Waals surface area contributed by atoms with Gasteiger partial charge < -0.3 is 4.98 Å². The van der Waals surface area contributed by atoms with Gasteiger partial charge in [-0.2, -0.15) is 0 Å². The summed E-state index contributed by atoms with van der Waals surface area (Å²) in [4.78, 5) is 20.1. The predicted octanol–water partition coefficient (Wildman–Crippen LogP) is 7.87. The number of allylic oxidation sites excluding steroid dienone is 5. The molecule has 1 aromatic heterocycles. The van der Waals surface area contributed by atoms with Gasteiger partial charge in [-0.25, -0.2) is 9.98 Å². The Balaban J connectivity index is 1.41. The monoisotopic (exact) mass is 616 g/mol. The number of aromatic amines is 1. The fourth-order valence-corrected chi connectivity index (χ4v) is 7.41. The van der Waals surface area contributed by atoms with E-state index in [2.05, 4.69) is 169 Å². The van der Waals surface area contributed by atoms with Crippen molar-refractivity contribution < 1.29 is 0 Å². The van der Waals surface area contributed by atoms with Crippen LogP contribution in [0.5, 0.6) is 0 Å². The Morgan fingerprint density at radius 1 is 0.521 bits per heavy atom. The normalized spacial score (nSPS) is 19.8. The molecule has 5 aromatic rings. The number of rotatable bonds is 4. The van der Waals surface area contributed by atoms with Crippen LogP contribution in [-0.4, -0.2) is 22.1 Å². The minimum atomic E-state index is -0.618. The first-order valence-corrected chi connectivity index (χ1v) is 16.5. The summed E-state index contributed by atoms with van der Waals surface area (Å²) < 4.78 is 0. The van der Waals surface area contributed by atoms with E-state index in [0.717, 1.165) is 91.0 Å². The summed E-state index contributed by atoms with van der Waals surface area (Å²) in [5, 5.41) is 2.01. The molecule has 0 amide bonds. The number of nitrogens with one attached hydrogen (secondary N) is 1. The van der Waals surface area contributed by atoms with Gasteiger partial charge in [0.2, 0.25) is 0 Å². The number of hydrogen-bond acceptors (Lipinski definition) is 3. The number of H-pyrrole nitrogens is 1. The molecule has 4 heteroatoms. The molecule has 1 N–H and O–H groups in total.